The van der Waals surface area contributed by atoms with Gasteiger partial charge in [-0.2, -0.15) is 4.99 Å². The molecule has 14 heteroatoms. The fourth-order valence-corrected chi connectivity index (χ4v) is 3.88. The Morgan fingerprint density at radius 2 is 1.65 bits per heavy atom. The van der Waals surface area contributed by atoms with Gasteiger partial charge in [-0.05, 0) is 53.5 Å². The Balaban J connectivity index is 0. The predicted molar refractivity (Wildman–Crippen MR) is 113 cm³/mol. The Hall–Kier alpha value is -0.160. The first-order valence-corrected chi connectivity index (χ1v) is 11.6. The molecular weight excluding hydrogens is 506 g/mol. The van der Waals surface area contributed by atoms with Crippen LogP contribution in [0, 0.1) is 0 Å². The standard InChI is InChI=1S/C17H14Cl2N3O5PS.2Na.2H/c1-28(25,26)27-22-16(20-15(23)12-4-8-14(19)9-5-12)29-21(17(22)24)10-11-2-6-13(18)7-3-11;;;;/h2-9H,10H2,1H3,(H,25,26);;;;/q;2*+1;2*-1. The zero-order valence-electron chi connectivity index (χ0n) is 18.9. The van der Waals surface area contributed by atoms with Crippen LogP contribution >= 0.6 is 42.3 Å². The first kappa shape index (κ1) is 28.9. The number of carbonyl (C=O) groups is 1. The minimum atomic E-state index is -4.09. The predicted octanol–water partition coefficient (Wildman–Crippen LogP) is -2.72. The van der Waals surface area contributed by atoms with Crippen molar-refractivity contribution in [3.05, 3.63) is 85.0 Å². The van der Waals surface area contributed by atoms with Crippen molar-refractivity contribution < 1.29 is 80.8 Å². The molecule has 31 heavy (non-hydrogen) atoms. The summed E-state index contributed by atoms with van der Waals surface area (Å²) in [5.41, 5.74) is 0.239. The Kier molecular flexibility index (Phi) is 11.5. The van der Waals surface area contributed by atoms with Crippen LogP contribution in [-0.2, 0) is 11.1 Å². The summed E-state index contributed by atoms with van der Waals surface area (Å²) in [6.07, 6.45) is 0. The molecule has 0 saturated carbocycles. The summed E-state index contributed by atoms with van der Waals surface area (Å²) in [7, 11) is -4.09. The number of amides is 1. The molecule has 3 aromatic rings. The van der Waals surface area contributed by atoms with Crippen LogP contribution in [0.3, 0.4) is 0 Å². The molecule has 1 N–H and O–H groups in total. The topological polar surface area (TPSA) is 103 Å². The smallest absolute Gasteiger partial charge is 1.00 e. The van der Waals surface area contributed by atoms with Gasteiger partial charge >= 0.3 is 72.4 Å². The molecule has 1 aromatic heterocycles. The van der Waals surface area contributed by atoms with E-state index in [0.29, 0.717) is 14.8 Å². The first-order valence-electron chi connectivity index (χ1n) is 8.05. The zero-order chi connectivity index (χ0) is 21.2. The molecule has 1 amide bonds. The molecule has 0 spiro atoms. The summed E-state index contributed by atoms with van der Waals surface area (Å²) in [6, 6.07) is 12.8. The van der Waals surface area contributed by atoms with E-state index in [9.17, 15) is 19.0 Å². The summed E-state index contributed by atoms with van der Waals surface area (Å²) >= 11 is 12.5. The number of nitrogens with zero attached hydrogens (tertiary/aromatic N) is 3. The van der Waals surface area contributed by atoms with Gasteiger partial charge in [-0.25, -0.2) is 13.3 Å². The largest absolute Gasteiger partial charge is 1.00 e. The third-order valence-electron chi connectivity index (χ3n) is 3.51. The Labute approximate surface area is 238 Å². The summed E-state index contributed by atoms with van der Waals surface area (Å²) in [5, 5.41) is 0.994. The third-order valence-corrected chi connectivity index (χ3v) is 5.41. The van der Waals surface area contributed by atoms with Crippen LogP contribution < -0.4 is 74.2 Å². The summed E-state index contributed by atoms with van der Waals surface area (Å²) in [6.45, 7) is 1.06. The van der Waals surface area contributed by atoms with E-state index in [-0.39, 0.29) is 78.9 Å². The van der Waals surface area contributed by atoms with E-state index in [1.165, 1.54) is 28.2 Å². The molecule has 0 bridgehead atoms. The van der Waals surface area contributed by atoms with Crippen LogP contribution in [0.25, 0.3) is 0 Å². The number of hydrogen-bond donors (Lipinski definition) is 1. The van der Waals surface area contributed by atoms with Gasteiger partial charge in [0, 0.05) is 15.6 Å². The summed E-state index contributed by atoms with van der Waals surface area (Å²) < 4.78 is 18.4. The van der Waals surface area contributed by atoms with Gasteiger partial charge in [0.1, 0.15) is 0 Å². The molecule has 2 aromatic carbocycles. The molecule has 156 valence electrons. The summed E-state index contributed by atoms with van der Waals surface area (Å²) in [4.78, 5) is 38.3. The number of benzene rings is 2. The van der Waals surface area contributed by atoms with Crippen molar-refractivity contribution in [2.75, 3.05) is 6.66 Å². The van der Waals surface area contributed by atoms with Crippen LogP contribution in [0.4, 0.5) is 0 Å². The zero-order valence-corrected chi connectivity index (χ0v) is 24.1. The molecule has 1 unspecified atom stereocenters. The fourth-order valence-electron chi connectivity index (χ4n) is 2.24. The molecule has 0 radical (unpaired) electrons. The normalized spacial score (nSPS) is 13.0. The molecule has 0 aliphatic heterocycles. The van der Waals surface area contributed by atoms with E-state index >= 15 is 0 Å². The number of hydrogen-bond acceptors (Lipinski definition) is 5. The average Bonchev–Trinajstić information content (AvgIpc) is 2.91. The van der Waals surface area contributed by atoms with Crippen molar-refractivity contribution in [2.24, 2.45) is 4.99 Å². The third kappa shape index (κ3) is 8.28. The average molecular weight is 522 g/mol. The fraction of sp³-hybridized carbons (Fsp3) is 0.118. The quantitative estimate of drug-likeness (QED) is 0.290. The van der Waals surface area contributed by atoms with Crippen molar-refractivity contribution in [3.8, 4) is 0 Å². The van der Waals surface area contributed by atoms with Crippen molar-refractivity contribution in [2.45, 2.75) is 6.54 Å². The van der Waals surface area contributed by atoms with Gasteiger partial charge < -0.3 is 12.4 Å². The van der Waals surface area contributed by atoms with E-state index in [0.717, 1.165) is 23.8 Å². The molecule has 8 nitrogen and oxygen atoms in total. The molecule has 0 aliphatic rings. The number of rotatable bonds is 5. The van der Waals surface area contributed by atoms with E-state index in [1.807, 2.05) is 0 Å². The van der Waals surface area contributed by atoms with E-state index in [2.05, 4.69) is 4.99 Å². The molecule has 3 rings (SSSR count). The van der Waals surface area contributed by atoms with Gasteiger partial charge in [-0.3, -0.25) is 4.79 Å². The van der Waals surface area contributed by atoms with Gasteiger partial charge in [0.2, 0.25) is 4.80 Å². The first-order chi connectivity index (χ1) is 13.6. The number of aromatic nitrogens is 2. The molecule has 0 aliphatic carbocycles. The maximum atomic E-state index is 12.7. The second-order valence-electron chi connectivity index (χ2n) is 5.92. The Morgan fingerprint density at radius 3 is 2.16 bits per heavy atom. The maximum absolute atomic E-state index is 12.7. The van der Waals surface area contributed by atoms with E-state index < -0.39 is 19.2 Å². The van der Waals surface area contributed by atoms with Crippen LogP contribution in [0.5, 0.6) is 0 Å². The Morgan fingerprint density at radius 1 is 1.13 bits per heavy atom. The van der Waals surface area contributed by atoms with Crippen LogP contribution in [0.2, 0.25) is 10.0 Å². The molecule has 1 heterocycles. The molecule has 0 fully saturated rings. The van der Waals surface area contributed by atoms with E-state index in [1.54, 1.807) is 24.3 Å². The van der Waals surface area contributed by atoms with E-state index in [4.69, 9.17) is 27.8 Å². The number of halogens is 2. The minimum Gasteiger partial charge on any atom is -1.00 e. The minimum absolute atomic E-state index is 0. The van der Waals surface area contributed by atoms with Gasteiger partial charge in [-0.15, -0.1) is 0 Å². The SMILES string of the molecule is CP(=O)(O)On1c(=NC(=O)c2ccc(Cl)cc2)sn(Cc2ccc(Cl)cc2)c1=O.[H-].[H-].[Na+].[Na+]. The Bertz CT molecular complexity index is 1230. The van der Waals surface area contributed by atoms with Crippen LogP contribution in [-0.4, -0.2) is 26.2 Å². The second kappa shape index (κ2) is 12.3. The monoisotopic (exact) mass is 521 g/mol. The van der Waals surface area contributed by atoms with Gasteiger partial charge in [-0.1, -0.05) is 40.1 Å². The van der Waals surface area contributed by atoms with Crippen molar-refractivity contribution in [1.82, 2.24) is 8.69 Å². The molecular formula is C17H16Cl2N3Na2O5PS. The van der Waals surface area contributed by atoms with Crippen molar-refractivity contribution in [1.29, 1.82) is 0 Å². The van der Waals surface area contributed by atoms with Gasteiger partial charge in [0.05, 0.1) is 13.2 Å². The van der Waals surface area contributed by atoms with Crippen LogP contribution in [0.1, 0.15) is 18.8 Å². The maximum Gasteiger partial charge on any atom is 1.00 e. The van der Waals surface area contributed by atoms with Crippen molar-refractivity contribution >= 4 is 48.2 Å². The molecule has 0 saturated heterocycles. The van der Waals surface area contributed by atoms with Crippen molar-refractivity contribution in [3.63, 3.8) is 0 Å². The molecule has 1 atom stereocenters. The van der Waals surface area contributed by atoms with Gasteiger partial charge in [0.15, 0.2) is 0 Å². The number of carbonyl (C=O) groups excluding carboxylic acids is 1. The van der Waals surface area contributed by atoms with Gasteiger partial charge in [0.25, 0.3) is 5.91 Å². The second-order valence-corrected chi connectivity index (χ2v) is 9.55. The summed E-state index contributed by atoms with van der Waals surface area (Å²) in [5.74, 6) is -0.664. The van der Waals surface area contributed by atoms with Crippen LogP contribution in [0.15, 0.2) is 58.3 Å².